The molecule has 0 atom stereocenters. The molecule has 1 fully saturated rings. The van der Waals surface area contributed by atoms with E-state index in [4.69, 9.17) is 5.11 Å². The van der Waals surface area contributed by atoms with Gasteiger partial charge in [-0.05, 0) is 48.8 Å². The Kier molecular flexibility index (Phi) is 4.53. The number of rotatable bonds is 7. The van der Waals surface area contributed by atoms with Crippen LogP contribution in [0.2, 0.25) is 0 Å². The van der Waals surface area contributed by atoms with Gasteiger partial charge in [-0.2, -0.15) is 0 Å². The second-order valence-corrected chi connectivity index (χ2v) is 5.38. The fourth-order valence-corrected chi connectivity index (χ4v) is 2.21. The van der Waals surface area contributed by atoms with Crippen LogP contribution in [0.25, 0.3) is 0 Å². The molecule has 1 aliphatic carbocycles. The van der Waals surface area contributed by atoms with E-state index in [-0.39, 0.29) is 23.7 Å². The first-order valence-electron chi connectivity index (χ1n) is 6.76. The highest BCUT2D eigenvalue weighted by Crippen LogP contribution is 2.47. The minimum atomic E-state index is -0.257. The number of hydrogen-bond donors (Lipinski definition) is 2. The standard InChI is InChI=1S/C15H20FNO2/c16-13-4-1-12(2-5-13)3-6-14(19)17-11-15(7-8-15)9-10-18/h1-2,4-5,18H,3,6-11H2,(H,17,19). The Bertz CT molecular complexity index is 426. The van der Waals surface area contributed by atoms with E-state index in [1.165, 1.54) is 12.1 Å². The summed E-state index contributed by atoms with van der Waals surface area (Å²) < 4.78 is 12.7. The van der Waals surface area contributed by atoms with Crippen LogP contribution in [0, 0.1) is 11.2 Å². The minimum Gasteiger partial charge on any atom is -0.396 e. The quantitative estimate of drug-likeness (QED) is 0.792. The molecule has 19 heavy (non-hydrogen) atoms. The molecule has 2 rings (SSSR count). The molecule has 1 amide bonds. The van der Waals surface area contributed by atoms with Crippen LogP contribution in [-0.2, 0) is 11.2 Å². The summed E-state index contributed by atoms with van der Waals surface area (Å²) >= 11 is 0. The molecule has 0 heterocycles. The van der Waals surface area contributed by atoms with E-state index in [2.05, 4.69) is 5.32 Å². The van der Waals surface area contributed by atoms with Crippen molar-refractivity contribution in [3.05, 3.63) is 35.6 Å². The van der Waals surface area contributed by atoms with Crippen LogP contribution in [0.4, 0.5) is 4.39 Å². The van der Waals surface area contributed by atoms with E-state index >= 15 is 0 Å². The lowest BCUT2D eigenvalue weighted by atomic mass is 10.0. The topological polar surface area (TPSA) is 49.3 Å². The SMILES string of the molecule is O=C(CCc1ccc(F)cc1)NCC1(CCO)CC1. The summed E-state index contributed by atoms with van der Waals surface area (Å²) in [5.74, 6) is -0.235. The molecule has 0 radical (unpaired) electrons. The average molecular weight is 265 g/mol. The zero-order valence-corrected chi connectivity index (χ0v) is 11.0. The number of benzene rings is 1. The van der Waals surface area contributed by atoms with Gasteiger partial charge in [0.15, 0.2) is 0 Å². The fourth-order valence-electron chi connectivity index (χ4n) is 2.21. The number of hydrogen-bond acceptors (Lipinski definition) is 2. The van der Waals surface area contributed by atoms with Crippen molar-refractivity contribution in [3.63, 3.8) is 0 Å². The molecule has 1 aromatic rings. The first kappa shape index (κ1) is 14.0. The Labute approximate surface area is 112 Å². The third kappa shape index (κ3) is 4.31. The van der Waals surface area contributed by atoms with Gasteiger partial charge in [-0.3, -0.25) is 4.79 Å². The first-order valence-corrected chi connectivity index (χ1v) is 6.76. The minimum absolute atomic E-state index is 0.0218. The number of carbonyl (C=O) groups excluding carboxylic acids is 1. The highest BCUT2D eigenvalue weighted by molar-refractivity contribution is 5.76. The van der Waals surface area contributed by atoms with Crippen molar-refractivity contribution >= 4 is 5.91 Å². The second kappa shape index (κ2) is 6.15. The van der Waals surface area contributed by atoms with E-state index in [1.807, 2.05) is 0 Å². The largest absolute Gasteiger partial charge is 0.396 e. The van der Waals surface area contributed by atoms with Gasteiger partial charge < -0.3 is 10.4 Å². The van der Waals surface area contributed by atoms with Crippen molar-refractivity contribution in [3.8, 4) is 0 Å². The molecule has 4 heteroatoms. The molecular formula is C15H20FNO2. The van der Waals surface area contributed by atoms with Gasteiger partial charge in [0.25, 0.3) is 0 Å². The van der Waals surface area contributed by atoms with Crippen molar-refractivity contribution in [1.29, 1.82) is 0 Å². The fraction of sp³-hybridized carbons (Fsp3) is 0.533. The number of amides is 1. The zero-order valence-electron chi connectivity index (χ0n) is 11.0. The van der Waals surface area contributed by atoms with Crippen molar-refractivity contribution in [1.82, 2.24) is 5.32 Å². The van der Waals surface area contributed by atoms with Gasteiger partial charge in [-0.15, -0.1) is 0 Å². The van der Waals surface area contributed by atoms with E-state index < -0.39 is 0 Å². The first-order chi connectivity index (χ1) is 9.13. The molecule has 0 unspecified atom stereocenters. The number of aliphatic hydroxyl groups is 1. The van der Waals surface area contributed by atoms with Gasteiger partial charge in [-0.25, -0.2) is 4.39 Å². The van der Waals surface area contributed by atoms with Gasteiger partial charge in [0.2, 0.25) is 5.91 Å². The molecule has 1 aromatic carbocycles. The summed E-state index contributed by atoms with van der Waals surface area (Å²) in [6.45, 7) is 0.848. The van der Waals surface area contributed by atoms with Crippen molar-refractivity contribution < 1.29 is 14.3 Å². The van der Waals surface area contributed by atoms with Gasteiger partial charge in [0.1, 0.15) is 5.82 Å². The summed E-state index contributed by atoms with van der Waals surface area (Å²) in [5, 5.41) is 11.9. The van der Waals surface area contributed by atoms with Gasteiger partial charge in [-0.1, -0.05) is 12.1 Å². The van der Waals surface area contributed by atoms with Gasteiger partial charge in [0.05, 0.1) is 0 Å². The number of aliphatic hydroxyl groups excluding tert-OH is 1. The normalized spacial score (nSPS) is 16.1. The lowest BCUT2D eigenvalue weighted by molar-refractivity contribution is -0.121. The molecule has 0 spiro atoms. The molecule has 104 valence electrons. The summed E-state index contributed by atoms with van der Waals surface area (Å²) in [6.07, 6.45) is 3.99. The molecule has 0 aliphatic heterocycles. The van der Waals surface area contributed by atoms with Crippen LogP contribution in [-0.4, -0.2) is 24.2 Å². The summed E-state index contributed by atoms with van der Waals surface area (Å²) in [4.78, 5) is 11.7. The second-order valence-electron chi connectivity index (χ2n) is 5.38. The van der Waals surface area contributed by atoms with Crippen LogP contribution in [0.15, 0.2) is 24.3 Å². The Morgan fingerprint density at radius 2 is 2.00 bits per heavy atom. The molecular weight excluding hydrogens is 245 g/mol. The third-order valence-electron chi connectivity index (χ3n) is 3.81. The maximum absolute atomic E-state index is 12.7. The van der Waals surface area contributed by atoms with Crippen LogP contribution in [0.1, 0.15) is 31.2 Å². The smallest absolute Gasteiger partial charge is 0.220 e. The predicted molar refractivity (Wildman–Crippen MR) is 71.1 cm³/mol. The Balaban J connectivity index is 1.69. The third-order valence-corrected chi connectivity index (χ3v) is 3.81. The molecule has 0 aromatic heterocycles. The van der Waals surface area contributed by atoms with E-state index in [0.717, 1.165) is 24.8 Å². The van der Waals surface area contributed by atoms with Gasteiger partial charge >= 0.3 is 0 Å². The summed E-state index contributed by atoms with van der Waals surface area (Å²) in [7, 11) is 0. The number of nitrogens with one attached hydrogen (secondary N) is 1. The maximum Gasteiger partial charge on any atom is 0.220 e. The Hall–Kier alpha value is -1.42. The molecule has 2 N–H and O–H groups in total. The van der Waals surface area contributed by atoms with Crippen molar-refractivity contribution in [2.75, 3.05) is 13.2 Å². The molecule has 1 aliphatic rings. The van der Waals surface area contributed by atoms with Crippen molar-refractivity contribution in [2.45, 2.75) is 32.1 Å². The Morgan fingerprint density at radius 3 is 2.58 bits per heavy atom. The summed E-state index contributed by atoms with van der Waals surface area (Å²) in [6, 6.07) is 6.23. The van der Waals surface area contributed by atoms with E-state index in [1.54, 1.807) is 12.1 Å². The van der Waals surface area contributed by atoms with Crippen LogP contribution >= 0.6 is 0 Å². The van der Waals surface area contributed by atoms with E-state index in [0.29, 0.717) is 19.4 Å². The predicted octanol–water partition coefficient (Wildman–Crippen LogP) is 2.04. The van der Waals surface area contributed by atoms with Crippen LogP contribution < -0.4 is 5.32 Å². The maximum atomic E-state index is 12.7. The van der Waals surface area contributed by atoms with Crippen LogP contribution in [0.5, 0.6) is 0 Å². The van der Waals surface area contributed by atoms with E-state index in [9.17, 15) is 9.18 Å². The number of carbonyl (C=O) groups is 1. The molecule has 1 saturated carbocycles. The lowest BCUT2D eigenvalue weighted by Crippen LogP contribution is -2.30. The average Bonchev–Trinajstić information content (AvgIpc) is 3.17. The van der Waals surface area contributed by atoms with Crippen LogP contribution in [0.3, 0.4) is 0 Å². The number of aryl methyl sites for hydroxylation is 1. The molecule has 3 nitrogen and oxygen atoms in total. The van der Waals surface area contributed by atoms with Crippen molar-refractivity contribution in [2.24, 2.45) is 5.41 Å². The highest BCUT2D eigenvalue weighted by Gasteiger charge is 2.41. The molecule has 0 saturated heterocycles. The Morgan fingerprint density at radius 1 is 1.32 bits per heavy atom. The zero-order chi connectivity index (χ0) is 13.7. The highest BCUT2D eigenvalue weighted by atomic mass is 19.1. The lowest BCUT2D eigenvalue weighted by Gasteiger charge is -2.14. The summed E-state index contributed by atoms with van der Waals surface area (Å²) in [5.41, 5.74) is 1.12. The monoisotopic (exact) mass is 265 g/mol. The van der Waals surface area contributed by atoms with Gasteiger partial charge in [0, 0.05) is 19.6 Å². The molecule has 0 bridgehead atoms. The number of halogens is 1.